The molecule has 7 nitrogen and oxygen atoms in total. The molecule has 1 N–H and O–H groups in total. The summed E-state index contributed by atoms with van der Waals surface area (Å²) in [6.45, 7) is 2.01. The molecule has 0 aliphatic carbocycles. The van der Waals surface area contributed by atoms with Crippen LogP contribution in [0.5, 0.6) is 0 Å². The number of likely N-dealkylation sites (tertiary alicyclic amines) is 2. The maximum Gasteiger partial charge on any atom is 0.253 e. The Morgan fingerprint density at radius 2 is 2.11 bits per heavy atom. The third-order valence-corrected chi connectivity index (χ3v) is 5.87. The summed E-state index contributed by atoms with van der Waals surface area (Å²) in [4.78, 5) is 36.4. The Morgan fingerprint density at radius 3 is 2.82 bits per heavy atom. The van der Waals surface area contributed by atoms with Crippen LogP contribution < -0.4 is 0 Å². The molecular formula is C21H23N5O2. The van der Waals surface area contributed by atoms with Gasteiger partial charge in [-0.1, -0.05) is 0 Å². The fourth-order valence-electron chi connectivity index (χ4n) is 4.36. The Labute approximate surface area is 164 Å². The first-order valence-corrected chi connectivity index (χ1v) is 9.72. The van der Waals surface area contributed by atoms with Crippen LogP contribution in [0.15, 0.2) is 36.8 Å². The first-order valence-electron chi connectivity index (χ1n) is 9.72. The van der Waals surface area contributed by atoms with Crippen LogP contribution >= 0.6 is 0 Å². The Morgan fingerprint density at radius 1 is 1.29 bits per heavy atom. The second-order valence-corrected chi connectivity index (χ2v) is 7.51. The highest BCUT2D eigenvalue weighted by atomic mass is 16.2. The SMILES string of the molecule is N#Cc1ccc(C(=O)N2CC[C@@H]3[C@@H](CCC(=O)N3CCc3cnc[nH]3)C2)cc1. The predicted octanol–water partition coefficient (Wildman–Crippen LogP) is 1.98. The van der Waals surface area contributed by atoms with Crippen LogP contribution in [0.4, 0.5) is 0 Å². The molecule has 1 aromatic heterocycles. The second-order valence-electron chi connectivity index (χ2n) is 7.51. The zero-order valence-electron chi connectivity index (χ0n) is 15.7. The van der Waals surface area contributed by atoms with Crippen molar-refractivity contribution in [2.45, 2.75) is 31.7 Å². The summed E-state index contributed by atoms with van der Waals surface area (Å²) in [6.07, 6.45) is 6.41. The maximum absolute atomic E-state index is 12.9. The van der Waals surface area contributed by atoms with Crippen molar-refractivity contribution in [3.05, 3.63) is 53.6 Å². The van der Waals surface area contributed by atoms with E-state index in [0.29, 0.717) is 43.1 Å². The van der Waals surface area contributed by atoms with Gasteiger partial charge in [-0.3, -0.25) is 9.59 Å². The summed E-state index contributed by atoms with van der Waals surface area (Å²) in [7, 11) is 0. The van der Waals surface area contributed by atoms with Gasteiger partial charge in [0, 0.05) is 56.0 Å². The van der Waals surface area contributed by atoms with E-state index in [1.807, 2.05) is 9.80 Å². The van der Waals surface area contributed by atoms with Crippen molar-refractivity contribution in [2.24, 2.45) is 5.92 Å². The molecule has 7 heteroatoms. The molecule has 2 saturated heterocycles. The Balaban J connectivity index is 1.41. The van der Waals surface area contributed by atoms with Gasteiger partial charge in [0.2, 0.25) is 5.91 Å². The van der Waals surface area contributed by atoms with Crippen molar-refractivity contribution in [2.75, 3.05) is 19.6 Å². The summed E-state index contributed by atoms with van der Waals surface area (Å²) in [6, 6.07) is 9.06. The van der Waals surface area contributed by atoms with E-state index in [1.165, 1.54) is 0 Å². The molecule has 2 aliphatic heterocycles. The van der Waals surface area contributed by atoms with Crippen molar-refractivity contribution in [1.29, 1.82) is 5.26 Å². The Bertz CT molecular complexity index is 885. The van der Waals surface area contributed by atoms with Crippen LogP contribution in [0.3, 0.4) is 0 Å². The van der Waals surface area contributed by atoms with E-state index in [2.05, 4.69) is 16.0 Å². The van der Waals surface area contributed by atoms with Gasteiger partial charge < -0.3 is 14.8 Å². The minimum absolute atomic E-state index is 0.00356. The zero-order valence-corrected chi connectivity index (χ0v) is 15.7. The minimum Gasteiger partial charge on any atom is -0.348 e. The van der Waals surface area contributed by atoms with E-state index in [-0.39, 0.29) is 17.9 Å². The summed E-state index contributed by atoms with van der Waals surface area (Å²) >= 11 is 0. The number of amides is 2. The fraction of sp³-hybridized carbons (Fsp3) is 0.429. The molecule has 2 amide bonds. The average molecular weight is 377 g/mol. The summed E-state index contributed by atoms with van der Waals surface area (Å²) in [5.74, 6) is 0.534. The highest BCUT2D eigenvalue weighted by Gasteiger charge is 2.40. The number of nitriles is 1. The van der Waals surface area contributed by atoms with Gasteiger partial charge in [-0.05, 0) is 43.0 Å². The normalized spacial score (nSPS) is 21.9. The summed E-state index contributed by atoms with van der Waals surface area (Å²) < 4.78 is 0. The molecule has 3 heterocycles. The van der Waals surface area contributed by atoms with Crippen LogP contribution in [0.1, 0.15) is 40.9 Å². The molecule has 0 radical (unpaired) electrons. The van der Waals surface area contributed by atoms with Crippen molar-refractivity contribution in [1.82, 2.24) is 19.8 Å². The van der Waals surface area contributed by atoms with E-state index in [4.69, 9.17) is 5.26 Å². The largest absolute Gasteiger partial charge is 0.348 e. The van der Waals surface area contributed by atoms with Crippen molar-refractivity contribution in [3.8, 4) is 6.07 Å². The fourth-order valence-corrected chi connectivity index (χ4v) is 4.36. The number of nitrogens with one attached hydrogen (secondary N) is 1. The first kappa shape index (κ1) is 18.2. The third-order valence-electron chi connectivity index (χ3n) is 5.87. The van der Waals surface area contributed by atoms with Crippen LogP contribution in [0.25, 0.3) is 0 Å². The van der Waals surface area contributed by atoms with E-state index in [1.54, 1.807) is 36.8 Å². The molecular weight excluding hydrogens is 354 g/mol. The first-order chi connectivity index (χ1) is 13.7. The predicted molar refractivity (Wildman–Crippen MR) is 102 cm³/mol. The number of aromatic amines is 1. The molecule has 144 valence electrons. The number of fused-ring (bicyclic) bond motifs is 1. The van der Waals surface area contributed by atoms with Crippen LogP contribution in [0.2, 0.25) is 0 Å². The maximum atomic E-state index is 12.9. The number of piperidine rings is 2. The molecule has 2 atom stereocenters. The lowest BCUT2D eigenvalue weighted by atomic mass is 9.83. The van der Waals surface area contributed by atoms with Gasteiger partial charge in [0.1, 0.15) is 0 Å². The quantitative estimate of drug-likeness (QED) is 0.882. The highest BCUT2D eigenvalue weighted by molar-refractivity contribution is 5.94. The highest BCUT2D eigenvalue weighted by Crippen LogP contribution is 2.32. The lowest BCUT2D eigenvalue weighted by Crippen LogP contribution is -2.57. The number of nitrogens with zero attached hydrogens (tertiary/aromatic N) is 4. The third kappa shape index (κ3) is 3.63. The number of hydrogen-bond donors (Lipinski definition) is 1. The molecule has 2 aliphatic rings. The second kappa shape index (κ2) is 7.85. The van der Waals surface area contributed by atoms with Crippen LogP contribution in [0, 0.1) is 17.2 Å². The monoisotopic (exact) mass is 377 g/mol. The van der Waals surface area contributed by atoms with Crippen molar-refractivity contribution < 1.29 is 9.59 Å². The molecule has 2 aromatic rings. The number of benzene rings is 1. The average Bonchev–Trinajstić information content (AvgIpc) is 3.26. The number of H-pyrrole nitrogens is 1. The van der Waals surface area contributed by atoms with E-state index in [9.17, 15) is 9.59 Å². The van der Waals surface area contributed by atoms with Gasteiger partial charge in [-0.25, -0.2) is 4.98 Å². The van der Waals surface area contributed by atoms with E-state index < -0.39 is 0 Å². The summed E-state index contributed by atoms with van der Waals surface area (Å²) in [5, 5.41) is 8.91. The summed E-state index contributed by atoms with van der Waals surface area (Å²) in [5.41, 5.74) is 2.19. The Kier molecular flexibility index (Phi) is 5.11. The van der Waals surface area contributed by atoms with Gasteiger partial charge in [-0.15, -0.1) is 0 Å². The van der Waals surface area contributed by atoms with E-state index >= 15 is 0 Å². The number of rotatable bonds is 4. The number of hydrogen-bond acceptors (Lipinski definition) is 4. The molecule has 0 spiro atoms. The lowest BCUT2D eigenvalue weighted by Gasteiger charge is -2.47. The number of aromatic nitrogens is 2. The smallest absolute Gasteiger partial charge is 0.253 e. The van der Waals surface area contributed by atoms with Gasteiger partial charge in [0.05, 0.1) is 18.0 Å². The molecule has 0 bridgehead atoms. The zero-order chi connectivity index (χ0) is 19.5. The number of carbonyl (C=O) groups is 2. The van der Waals surface area contributed by atoms with Gasteiger partial charge in [0.15, 0.2) is 0 Å². The number of imidazole rings is 1. The lowest BCUT2D eigenvalue weighted by molar-refractivity contribution is -0.140. The van der Waals surface area contributed by atoms with Crippen LogP contribution in [-0.4, -0.2) is 57.3 Å². The van der Waals surface area contributed by atoms with E-state index in [0.717, 1.165) is 25.0 Å². The molecule has 1 aromatic carbocycles. The van der Waals surface area contributed by atoms with Crippen molar-refractivity contribution in [3.63, 3.8) is 0 Å². The molecule has 4 rings (SSSR count). The van der Waals surface area contributed by atoms with Gasteiger partial charge >= 0.3 is 0 Å². The minimum atomic E-state index is 0.00356. The molecule has 28 heavy (non-hydrogen) atoms. The topological polar surface area (TPSA) is 93.1 Å². The van der Waals surface area contributed by atoms with Gasteiger partial charge in [0.25, 0.3) is 5.91 Å². The molecule has 0 unspecified atom stereocenters. The Hall–Kier alpha value is -3.14. The standard InChI is InChI=1S/C21H23N5O2/c22-11-15-1-3-16(4-2-15)21(28)25-9-8-19-17(13-25)5-6-20(27)26(19)10-7-18-12-23-14-24-18/h1-4,12,14,17,19H,5-10,13H2,(H,23,24)/t17-,19+/m0/s1. The van der Waals surface area contributed by atoms with Crippen molar-refractivity contribution >= 4 is 11.8 Å². The molecule has 2 fully saturated rings. The number of carbonyl (C=O) groups excluding carboxylic acids is 2. The molecule has 0 saturated carbocycles. The van der Waals surface area contributed by atoms with Crippen LogP contribution in [-0.2, 0) is 11.2 Å². The van der Waals surface area contributed by atoms with Gasteiger partial charge in [-0.2, -0.15) is 5.26 Å².